The summed E-state index contributed by atoms with van der Waals surface area (Å²) in [6.45, 7) is 13.9. The standard InChI is InChI=1S/C41H44O2/c1-39(2,3)31-14-13-27-23-37-36(35(27)24-31)25-32(40(4,5)6)26-38(37)41(28-11-9-10-12-28,29-15-19-33(42-7)20-16-29)30-17-21-34(43-8)22-18-30/h9-11,13-22,24-26H,12,23H2,1-8H3. The molecule has 43 heavy (non-hydrogen) atoms. The SMILES string of the molecule is COc1ccc(C(C2=CC=CC2)(c2ccc(OC)cc2)c2cc(C(C)(C)C)cc3c2Cc2ccc(C(C)(C)C)cc2-3)cc1. The summed E-state index contributed by atoms with van der Waals surface area (Å²) >= 11 is 0. The van der Waals surface area contributed by atoms with Gasteiger partial charge in [-0.15, -0.1) is 0 Å². The second-order valence-electron chi connectivity index (χ2n) is 14.1. The van der Waals surface area contributed by atoms with E-state index >= 15 is 0 Å². The van der Waals surface area contributed by atoms with E-state index in [4.69, 9.17) is 9.47 Å². The minimum atomic E-state index is -0.498. The van der Waals surface area contributed by atoms with Crippen LogP contribution in [0.4, 0.5) is 0 Å². The van der Waals surface area contributed by atoms with Gasteiger partial charge in [0.2, 0.25) is 0 Å². The van der Waals surface area contributed by atoms with Crippen molar-refractivity contribution in [1.82, 2.24) is 0 Å². The first-order valence-corrected chi connectivity index (χ1v) is 15.4. The van der Waals surface area contributed by atoms with Crippen LogP contribution < -0.4 is 9.47 Å². The second kappa shape index (κ2) is 10.6. The van der Waals surface area contributed by atoms with Crippen molar-refractivity contribution < 1.29 is 9.47 Å². The van der Waals surface area contributed by atoms with Crippen molar-refractivity contribution in [2.75, 3.05) is 14.2 Å². The van der Waals surface area contributed by atoms with E-state index in [1.54, 1.807) is 14.2 Å². The number of allylic oxidation sites excluding steroid dienone is 4. The number of fused-ring (bicyclic) bond motifs is 3. The highest BCUT2D eigenvalue weighted by atomic mass is 16.5. The lowest BCUT2D eigenvalue weighted by Gasteiger charge is -2.40. The zero-order chi connectivity index (χ0) is 30.6. The highest BCUT2D eigenvalue weighted by Gasteiger charge is 2.44. The predicted octanol–water partition coefficient (Wildman–Crippen LogP) is 10.1. The van der Waals surface area contributed by atoms with Gasteiger partial charge in [-0.05, 0) is 104 Å². The van der Waals surface area contributed by atoms with Gasteiger partial charge in [-0.2, -0.15) is 0 Å². The molecule has 2 heteroatoms. The Morgan fingerprint density at radius 2 is 1.12 bits per heavy atom. The molecule has 220 valence electrons. The van der Waals surface area contributed by atoms with Crippen LogP contribution in [0, 0.1) is 0 Å². The Labute approximate surface area is 258 Å². The van der Waals surface area contributed by atoms with Crippen LogP contribution in [0.15, 0.2) is 103 Å². The molecule has 6 rings (SSSR count). The van der Waals surface area contributed by atoms with Crippen LogP contribution in [0.2, 0.25) is 0 Å². The average molecular weight is 569 g/mol. The molecular formula is C41H44O2. The Balaban J connectivity index is 1.74. The van der Waals surface area contributed by atoms with Gasteiger partial charge in [0.25, 0.3) is 0 Å². The lowest BCUT2D eigenvalue weighted by atomic mass is 9.62. The van der Waals surface area contributed by atoms with Crippen LogP contribution in [0.3, 0.4) is 0 Å². The maximum atomic E-state index is 5.62. The molecule has 0 fully saturated rings. The monoisotopic (exact) mass is 568 g/mol. The minimum Gasteiger partial charge on any atom is -0.497 e. The molecule has 0 saturated carbocycles. The molecule has 0 aliphatic heterocycles. The van der Waals surface area contributed by atoms with Crippen LogP contribution >= 0.6 is 0 Å². The summed E-state index contributed by atoms with van der Waals surface area (Å²) in [6, 6.07) is 29.6. The Morgan fingerprint density at radius 3 is 1.60 bits per heavy atom. The molecule has 0 spiro atoms. The van der Waals surface area contributed by atoms with Crippen molar-refractivity contribution in [2.45, 2.75) is 70.6 Å². The zero-order valence-electron chi connectivity index (χ0n) is 27.0. The van der Waals surface area contributed by atoms with Crippen molar-refractivity contribution in [1.29, 1.82) is 0 Å². The van der Waals surface area contributed by atoms with Gasteiger partial charge in [0.1, 0.15) is 11.5 Å². The molecule has 0 radical (unpaired) electrons. The van der Waals surface area contributed by atoms with E-state index in [2.05, 4.69) is 139 Å². The number of ether oxygens (including phenoxy) is 2. The summed E-state index contributed by atoms with van der Waals surface area (Å²) in [5.74, 6) is 1.73. The third-order valence-corrected chi connectivity index (χ3v) is 9.45. The van der Waals surface area contributed by atoms with E-state index < -0.39 is 5.41 Å². The number of methoxy groups -OCH3 is 2. The van der Waals surface area contributed by atoms with Gasteiger partial charge in [0.15, 0.2) is 0 Å². The lowest BCUT2D eigenvalue weighted by Crippen LogP contribution is -2.33. The largest absolute Gasteiger partial charge is 0.497 e. The highest BCUT2D eigenvalue weighted by Crippen LogP contribution is 2.54. The molecule has 0 bridgehead atoms. The number of benzene rings is 4. The Morgan fingerprint density at radius 1 is 0.581 bits per heavy atom. The van der Waals surface area contributed by atoms with Gasteiger partial charge in [0.05, 0.1) is 19.6 Å². The summed E-state index contributed by atoms with van der Waals surface area (Å²) in [6.07, 6.45) is 8.66. The van der Waals surface area contributed by atoms with Crippen LogP contribution in [-0.4, -0.2) is 14.2 Å². The lowest BCUT2D eigenvalue weighted by molar-refractivity contribution is 0.414. The third kappa shape index (κ3) is 4.91. The number of hydrogen-bond donors (Lipinski definition) is 0. The van der Waals surface area contributed by atoms with E-state index in [1.807, 2.05) is 0 Å². The summed E-state index contributed by atoms with van der Waals surface area (Å²) in [7, 11) is 3.47. The Hall–Kier alpha value is -4.04. The molecule has 4 aromatic rings. The summed E-state index contributed by atoms with van der Waals surface area (Å²) in [5.41, 5.74) is 13.1. The molecule has 0 amide bonds. The number of rotatable bonds is 6. The fraction of sp³-hybridized carbons (Fsp3) is 0.317. The maximum Gasteiger partial charge on any atom is 0.118 e. The molecule has 4 aromatic carbocycles. The molecule has 2 aliphatic rings. The van der Waals surface area contributed by atoms with E-state index in [1.165, 1.54) is 55.6 Å². The average Bonchev–Trinajstić information content (AvgIpc) is 3.66. The second-order valence-corrected chi connectivity index (χ2v) is 14.1. The van der Waals surface area contributed by atoms with Gasteiger partial charge >= 0.3 is 0 Å². The topological polar surface area (TPSA) is 18.5 Å². The van der Waals surface area contributed by atoms with Crippen LogP contribution in [0.5, 0.6) is 11.5 Å². The Bertz CT molecular complexity index is 1670. The van der Waals surface area contributed by atoms with Crippen LogP contribution in [0.25, 0.3) is 11.1 Å². The molecule has 0 saturated heterocycles. The van der Waals surface area contributed by atoms with Gasteiger partial charge in [-0.1, -0.05) is 114 Å². The van der Waals surface area contributed by atoms with Crippen molar-refractivity contribution in [2.24, 2.45) is 0 Å². The predicted molar refractivity (Wildman–Crippen MR) is 180 cm³/mol. The van der Waals surface area contributed by atoms with Crippen molar-refractivity contribution in [3.8, 4) is 22.6 Å². The van der Waals surface area contributed by atoms with Crippen molar-refractivity contribution in [3.63, 3.8) is 0 Å². The molecule has 0 aromatic heterocycles. The molecule has 2 nitrogen and oxygen atoms in total. The van der Waals surface area contributed by atoms with E-state index in [9.17, 15) is 0 Å². The summed E-state index contributed by atoms with van der Waals surface area (Å²) in [5, 5.41) is 0. The normalized spacial score (nSPS) is 14.4. The van der Waals surface area contributed by atoms with Gasteiger partial charge in [-0.25, -0.2) is 0 Å². The van der Waals surface area contributed by atoms with Gasteiger partial charge < -0.3 is 9.47 Å². The smallest absolute Gasteiger partial charge is 0.118 e. The molecule has 0 heterocycles. The highest BCUT2D eigenvalue weighted by molar-refractivity contribution is 5.82. The van der Waals surface area contributed by atoms with E-state index in [-0.39, 0.29) is 10.8 Å². The quantitative estimate of drug-likeness (QED) is 0.190. The van der Waals surface area contributed by atoms with Crippen molar-refractivity contribution in [3.05, 3.63) is 142 Å². The fourth-order valence-electron chi connectivity index (χ4n) is 6.94. The first-order valence-electron chi connectivity index (χ1n) is 15.4. The third-order valence-electron chi connectivity index (χ3n) is 9.45. The molecular weight excluding hydrogens is 524 g/mol. The summed E-state index contributed by atoms with van der Waals surface area (Å²) < 4.78 is 11.2. The first kappa shape index (κ1) is 29.1. The van der Waals surface area contributed by atoms with Crippen LogP contribution in [0.1, 0.15) is 86.9 Å². The molecule has 0 unspecified atom stereocenters. The molecule has 2 aliphatic carbocycles. The molecule has 0 N–H and O–H groups in total. The van der Waals surface area contributed by atoms with Gasteiger partial charge in [0, 0.05) is 0 Å². The molecule has 0 atom stereocenters. The maximum absolute atomic E-state index is 5.62. The first-order chi connectivity index (χ1) is 20.5. The Kier molecular flexibility index (Phi) is 7.16. The van der Waals surface area contributed by atoms with Crippen molar-refractivity contribution >= 4 is 0 Å². The zero-order valence-corrected chi connectivity index (χ0v) is 27.0. The summed E-state index contributed by atoms with van der Waals surface area (Å²) in [4.78, 5) is 0. The van der Waals surface area contributed by atoms with Crippen LogP contribution in [-0.2, 0) is 22.7 Å². The van der Waals surface area contributed by atoms with E-state index in [0.717, 1.165) is 24.3 Å². The van der Waals surface area contributed by atoms with Gasteiger partial charge in [-0.3, -0.25) is 0 Å². The van der Waals surface area contributed by atoms with E-state index in [0.29, 0.717) is 0 Å². The fourth-order valence-corrected chi connectivity index (χ4v) is 6.94. The number of hydrogen-bond acceptors (Lipinski definition) is 2. The minimum absolute atomic E-state index is 0.0258.